The molecular formula is C11H9N5S2. The predicted octanol–water partition coefficient (Wildman–Crippen LogP) is 2.77. The number of hydrogen-bond donors (Lipinski definition) is 1. The van der Waals surface area contributed by atoms with Crippen LogP contribution in [0.1, 0.15) is 0 Å². The molecular weight excluding hydrogens is 266 g/mol. The fourth-order valence-corrected chi connectivity index (χ4v) is 3.06. The molecule has 7 heteroatoms. The average molecular weight is 275 g/mol. The van der Waals surface area contributed by atoms with Crippen LogP contribution in [0.25, 0.3) is 20.5 Å². The monoisotopic (exact) mass is 275 g/mol. The van der Waals surface area contributed by atoms with E-state index in [1.54, 1.807) is 17.5 Å². The minimum atomic E-state index is 0.807. The highest BCUT2D eigenvalue weighted by atomic mass is 32.1. The van der Waals surface area contributed by atoms with Crippen LogP contribution < -0.4 is 5.32 Å². The summed E-state index contributed by atoms with van der Waals surface area (Å²) in [5.74, 6) is 0. The van der Waals surface area contributed by atoms with Crippen molar-refractivity contribution in [2.45, 2.75) is 0 Å². The standard InChI is InChI=1S/C11H9N5S2/c1-12-11-16-15-10(18-11)8-6-14-9(17-8)7-3-2-4-13-5-7/h2-6H,1H3,(H,12,16). The van der Waals surface area contributed by atoms with Crippen LogP contribution in [0.5, 0.6) is 0 Å². The van der Waals surface area contributed by atoms with Gasteiger partial charge in [0.25, 0.3) is 0 Å². The number of nitrogens with one attached hydrogen (secondary N) is 1. The summed E-state index contributed by atoms with van der Waals surface area (Å²) in [6, 6.07) is 3.90. The van der Waals surface area contributed by atoms with Gasteiger partial charge < -0.3 is 5.32 Å². The van der Waals surface area contributed by atoms with Crippen molar-refractivity contribution in [2.75, 3.05) is 12.4 Å². The molecule has 3 rings (SSSR count). The van der Waals surface area contributed by atoms with Crippen molar-refractivity contribution in [1.29, 1.82) is 0 Å². The van der Waals surface area contributed by atoms with Crippen LogP contribution in [0, 0.1) is 0 Å². The minimum absolute atomic E-state index is 0.807. The Balaban J connectivity index is 1.94. The summed E-state index contributed by atoms with van der Waals surface area (Å²) in [5, 5.41) is 13.7. The summed E-state index contributed by atoms with van der Waals surface area (Å²) in [6.07, 6.45) is 5.39. The van der Waals surface area contributed by atoms with Crippen LogP contribution in [-0.2, 0) is 0 Å². The summed E-state index contributed by atoms with van der Waals surface area (Å²) in [7, 11) is 1.83. The molecule has 3 heterocycles. The first-order valence-corrected chi connectivity index (χ1v) is 6.88. The molecule has 0 aliphatic heterocycles. The first kappa shape index (κ1) is 11.2. The molecule has 0 aliphatic carbocycles. The number of aromatic nitrogens is 4. The van der Waals surface area contributed by atoms with E-state index in [2.05, 4.69) is 25.5 Å². The maximum Gasteiger partial charge on any atom is 0.205 e. The van der Waals surface area contributed by atoms with E-state index in [4.69, 9.17) is 0 Å². The zero-order chi connectivity index (χ0) is 12.4. The molecule has 0 aromatic carbocycles. The van der Waals surface area contributed by atoms with Crippen molar-refractivity contribution in [3.8, 4) is 20.5 Å². The smallest absolute Gasteiger partial charge is 0.205 e. The van der Waals surface area contributed by atoms with E-state index in [0.717, 1.165) is 25.6 Å². The summed E-state index contributed by atoms with van der Waals surface area (Å²) in [4.78, 5) is 9.51. The van der Waals surface area contributed by atoms with Crippen LogP contribution in [0.2, 0.25) is 0 Å². The zero-order valence-corrected chi connectivity index (χ0v) is 11.1. The van der Waals surface area contributed by atoms with Crippen molar-refractivity contribution in [2.24, 2.45) is 0 Å². The zero-order valence-electron chi connectivity index (χ0n) is 9.49. The summed E-state index contributed by atoms with van der Waals surface area (Å²) in [5.41, 5.74) is 1.02. The second-order valence-electron chi connectivity index (χ2n) is 3.43. The normalized spacial score (nSPS) is 10.5. The third-order valence-corrected chi connectivity index (χ3v) is 4.42. The van der Waals surface area contributed by atoms with Gasteiger partial charge >= 0.3 is 0 Å². The van der Waals surface area contributed by atoms with E-state index in [9.17, 15) is 0 Å². The van der Waals surface area contributed by atoms with Gasteiger partial charge in [-0.05, 0) is 12.1 Å². The van der Waals surface area contributed by atoms with Crippen molar-refractivity contribution in [3.05, 3.63) is 30.7 Å². The number of hydrogen-bond acceptors (Lipinski definition) is 7. The Labute approximate surface area is 112 Å². The van der Waals surface area contributed by atoms with Crippen molar-refractivity contribution in [3.63, 3.8) is 0 Å². The Morgan fingerprint density at radius 3 is 2.78 bits per heavy atom. The molecule has 0 spiro atoms. The molecule has 0 atom stereocenters. The highest BCUT2D eigenvalue weighted by Gasteiger charge is 2.10. The lowest BCUT2D eigenvalue weighted by Gasteiger charge is -1.92. The lowest BCUT2D eigenvalue weighted by molar-refractivity contribution is 1.09. The second kappa shape index (κ2) is 4.79. The van der Waals surface area contributed by atoms with Gasteiger partial charge in [0.15, 0.2) is 5.01 Å². The highest BCUT2D eigenvalue weighted by Crippen LogP contribution is 2.34. The Hall–Kier alpha value is -1.86. The van der Waals surface area contributed by atoms with E-state index in [1.165, 1.54) is 11.3 Å². The van der Waals surface area contributed by atoms with Crippen molar-refractivity contribution >= 4 is 27.8 Å². The van der Waals surface area contributed by atoms with Crippen LogP contribution in [0.4, 0.5) is 5.13 Å². The molecule has 0 amide bonds. The number of anilines is 1. The summed E-state index contributed by atoms with van der Waals surface area (Å²) >= 11 is 3.11. The molecule has 0 aliphatic rings. The van der Waals surface area contributed by atoms with E-state index in [1.807, 2.05) is 31.6 Å². The molecule has 0 saturated carbocycles. The van der Waals surface area contributed by atoms with Crippen molar-refractivity contribution in [1.82, 2.24) is 20.2 Å². The first-order chi connectivity index (χ1) is 8.86. The van der Waals surface area contributed by atoms with E-state index >= 15 is 0 Å². The van der Waals surface area contributed by atoms with Gasteiger partial charge in [-0.1, -0.05) is 11.3 Å². The topological polar surface area (TPSA) is 63.6 Å². The molecule has 0 unspecified atom stereocenters. The van der Waals surface area contributed by atoms with Crippen LogP contribution in [0.3, 0.4) is 0 Å². The van der Waals surface area contributed by atoms with Crippen molar-refractivity contribution < 1.29 is 0 Å². The maximum atomic E-state index is 4.39. The first-order valence-electron chi connectivity index (χ1n) is 5.24. The third-order valence-electron chi connectivity index (χ3n) is 2.26. The second-order valence-corrected chi connectivity index (χ2v) is 5.44. The number of nitrogens with zero attached hydrogens (tertiary/aromatic N) is 4. The summed E-state index contributed by atoms with van der Waals surface area (Å²) in [6.45, 7) is 0. The van der Waals surface area contributed by atoms with Gasteiger partial charge in [0.1, 0.15) is 5.01 Å². The quantitative estimate of drug-likeness (QED) is 0.796. The maximum absolute atomic E-state index is 4.39. The van der Waals surface area contributed by atoms with Gasteiger partial charge in [0.05, 0.1) is 4.88 Å². The van der Waals surface area contributed by atoms with Crippen LogP contribution >= 0.6 is 22.7 Å². The van der Waals surface area contributed by atoms with E-state index < -0.39 is 0 Å². The molecule has 5 nitrogen and oxygen atoms in total. The number of pyridine rings is 1. The van der Waals surface area contributed by atoms with Crippen LogP contribution in [-0.4, -0.2) is 27.2 Å². The highest BCUT2D eigenvalue weighted by molar-refractivity contribution is 7.24. The molecule has 0 fully saturated rings. The predicted molar refractivity (Wildman–Crippen MR) is 73.8 cm³/mol. The summed E-state index contributed by atoms with van der Waals surface area (Å²) < 4.78 is 0. The van der Waals surface area contributed by atoms with E-state index in [0.29, 0.717) is 0 Å². The van der Waals surface area contributed by atoms with Gasteiger partial charge in [-0.2, -0.15) is 0 Å². The molecule has 0 bridgehead atoms. The van der Waals surface area contributed by atoms with E-state index in [-0.39, 0.29) is 0 Å². The molecule has 18 heavy (non-hydrogen) atoms. The fourth-order valence-electron chi connectivity index (χ4n) is 1.42. The molecule has 90 valence electrons. The van der Waals surface area contributed by atoms with Gasteiger partial charge in [0.2, 0.25) is 5.13 Å². The Morgan fingerprint density at radius 1 is 1.11 bits per heavy atom. The Morgan fingerprint density at radius 2 is 2.06 bits per heavy atom. The average Bonchev–Trinajstić information content (AvgIpc) is 3.08. The molecule has 3 aromatic heterocycles. The van der Waals surface area contributed by atoms with Gasteiger partial charge in [-0.3, -0.25) is 4.98 Å². The Bertz CT molecular complexity index is 646. The number of thiazole rings is 1. The fraction of sp³-hybridized carbons (Fsp3) is 0.0909. The Kier molecular flexibility index (Phi) is 2.99. The SMILES string of the molecule is CNc1nnc(-c2cnc(-c3cccnc3)s2)s1. The lowest BCUT2D eigenvalue weighted by Crippen LogP contribution is -1.84. The molecule has 0 saturated heterocycles. The van der Waals surface area contributed by atoms with Gasteiger partial charge in [-0.25, -0.2) is 4.98 Å². The van der Waals surface area contributed by atoms with Crippen LogP contribution in [0.15, 0.2) is 30.7 Å². The number of rotatable bonds is 3. The third kappa shape index (κ3) is 2.09. The molecule has 3 aromatic rings. The minimum Gasteiger partial charge on any atom is -0.363 e. The van der Waals surface area contributed by atoms with Gasteiger partial charge in [-0.15, -0.1) is 21.5 Å². The molecule has 0 radical (unpaired) electrons. The molecule has 1 N–H and O–H groups in total. The largest absolute Gasteiger partial charge is 0.363 e. The van der Waals surface area contributed by atoms with Gasteiger partial charge in [0, 0.05) is 31.2 Å². The lowest BCUT2D eigenvalue weighted by atomic mass is 10.3.